The van der Waals surface area contributed by atoms with Gasteiger partial charge in [-0.1, -0.05) is 18.2 Å². The predicted octanol–water partition coefficient (Wildman–Crippen LogP) is 2.58. The highest BCUT2D eigenvalue weighted by Gasteiger charge is 2.30. The van der Waals surface area contributed by atoms with E-state index in [4.69, 9.17) is 0 Å². The number of carbonyl (C=O) groups is 2. The van der Waals surface area contributed by atoms with Crippen molar-refractivity contribution in [2.45, 2.75) is 13.0 Å². The van der Waals surface area contributed by atoms with Gasteiger partial charge in [-0.15, -0.1) is 0 Å². The summed E-state index contributed by atoms with van der Waals surface area (Å²) >= 11 is 0. The van der Waals surface area contributed by atoms with Crippen molar-refractivity contribution < 1.29 is 9.59 Å². The minimum absolute atomic E-state index is 0.0760. The minimum atomic E-state index is -0.669. The van der Waals surface area contributed by atoms with E-state index in [0.29, 0.717) is 11.4 Å². The Balaban J connectivity index is 1.55. The van der Waals surface area contributed by atoms with Gasteiger partial charge in [-0.2, -0.15) is 0 Å². The van der Waals surface area contributed by atoms with Gasteiger partial charge in [-0.05, 0) is 49.4 Å². The van der Waals surface area contributed by atoms with E-state index in [-0.39, 0.29) is 11.7 Å². The summed E-state index contributed by atoms with van der Waals surface area (Å²) in [6.45, 7) is 1.66. The van der Waals surface area contributed by atoms with Crippen LogP contribution in [0.4, 0.5) is 17.2 Å². The molecule has 0 spiro atoms. The number of aromatic nitrogens is 1. The molecule has 0 unspecified atom stereocenters. The highest BCUT2D eigenvalue weighted by atomic mass is 16.2. The molecule has 1 aliphatic rings. The van der Waals surface area contributed by atoms with Crippen molar-refractivity contribution >= 4 is 45.7 Å². The van der Waals surface area contributed by atoms with E-state index in [0.717, 1.165) is 16.7 Å². The molecule has 2 heterocycles. The standard InChI is InChI=1S/C22H22N6O2/c1-14-22(30)28(17-7-5-4-6-8-17)26-20(23-14)21(29)24-16-10-11-18-15(13-16)9-12-19(25-18)27(2)3/h4-14H,1-3H3,(H,23,26)(H,24,29)/t14-/m1/s1. The average molecular weight is 402 g/mol. The Morgan fingerprint density at radius 3 is 2.60 bits per heavy atom. The Bertz CT molecular complexity index is 1140. The quantitative estimate of drug-likeness (QED) is 0.700. The number of anilines is 3. The third-order valence-corrected chi connectivity index (χ3v) is 4.74. The fourth-order valence-corrected chi connectivity index (χ4v) is 3.14. The third kappa shape index (κ3) is 3.80. The number of rotatable bonds is 4. The van der Waals surface area contributed by atoms with Crippen LogP contribution in [0.2, 0.25) is 0 Å². The van der Waals surface area contributed by atoms with E-state index in [1.54, 1.807) is 25.1 Å². The average Bonchev–Trinajstić information content (AvgIpc) is 2.75. The van der Waals surface area contributed by atoms with Crippen LogP contribution < -0.4 is 20.7 Å². The summed E-state index contributed by atoms with van der Waals surface area (Å²) in [7, 11) is 3.87. The van der Waals surface area contributed by atoms with Crippen molar-refractivity contribution in [3.05, 3.63) is 60.7 Å². The number of para-hydroxylation sites is 1. The van der Waals surface area contributed by atoms with Gasteiger partial charge in [0, 0.05) is 25.2 Å². The second-order valence-corrected chi connectivity index (χ2v) is 7.20. The number of nitrogens with one attached hydrogen (secondary N) is 2. The molecule has 1 atom stereocenters. The maximum absolute atomic E-state index is 12.8. The molecule has 3 aromatic rings. The lowest BCUT2D eigenvalue weighted by molar-refractivity contribution is -0.120. The fraction of sp³-hybridized carbons (Fsp3) is 0.182. The predicted molar refractivity (Wildman–Crippen MR) is 119 cm³/mol. The van der Waals surface area contributed by atoms with Crippen LogP contribution >= 0.6 is 0 Å². The lowest BCUT2D eigenvalue weighted by atomic mass is 10.2. The van der Waals surface area contributed by atoms with Crippen molar-refractivity contribution in [1.82, 2.24) is 10.4 Å². The van der Waals surface area contributed by atoms with E-state index in [9.17, 15) is 9.59 Å². The number of nitrogens with zero attached hydrogens (tertiary/aromatic N) is 4. The number of hydrazine groups is 1. The normalized spacial score (nSPS) is 16.1. The van der Waals surface area contributed by atoms with Crippen LogP contribution in [0.5, 0.6) is 0 Å². The van der Waals surface area contributed by atoms with Crippen LogP contribution in [0.15, 0.2) is 65.7 Å². The lowest BCUT2D eigenvalue weighted by Gasteiger charge is -2.30. The maximum atomic E-state index is 12.8. The molecule has 0 aliphatic carbocycles. The SMILES string of the molecule is C[C@H]1N=C(C(=O)Nc2ccc3nc(N(C)C)ccc3c2)NN(c2ccccc2)C1=O. The van der Waals surface area contributed by atoms with E-state index < -0.39 is 11.9 Å². The number of hydrogen-bond donors (Lipinski definition) is 2. The molecule has 2 N–H and O–H groups in total. The molecule has 1 aliphatic heterocycles. The highest BCUT2D eigenvalue weighted by Crippen LogP contribution is 2.21. The molecular formula is C22H22N6O2. The molecule has 8 heteroatoms. The van der Waals surface area contributed by atoms with Crippen molar-refractivity contribution in [2.24, 2.45) is 4.99 Å². The van der Waals surface area contributed by atoms with Crippen molar-refractivity contribution in [3.63, 3.8) is 0 Å². The second kappa shape index (κ2) is 7.82. The Labute approximate surface area is 174 Å². The van der Waals surface area contributed by atoms with Gasteiger partial charge in [0.05, 0.1) is 11.2 Å². The Hall–Kier alpha value is -3.94. The third-order valence-electron chi connectivity index (χ3n) is 4.74. The Morgan fingerprint density at radius 2 is 1.87 bits per heavy atom. The summed E-state index contributed by atoms with van der Waals surface area (Å²) < 4.78 is 0. The van der Waals surface area contributed by atoms with Gasteiger partial charge in [-0.3, -0.25) is 15.0 Å². The number of aliphatic imine (C=N–C) groups is 1. The first kappa shape index (κ1) is 19.4. The van der Waals surface area contributed by atoms with Gasteiger partial charge in [0.1, 0.15) is 11.9 Å². The van der Waals surface area contributed by atoms with E-state index in [1.807, 2.05) is 61.5 Å². The van der Waals surface area contributed by atoms with Crippen LogP contribution in [0.25, 0.3) is 10.9 Å². The molecule has 0 saturated heterocycles. The smallest absolute Gasteiger partial charge is 0.292 e. The Morgan fingerprint density at radius 1 is 1.10 bits per heavy atom. The molecule has 2 amide bonds. The summed E-state index contributed by atoms with van der Waals surface area (Å²) in [5, 5.41) is 5.10. The summed E-state index contributed by atoms with van der Waals surface area (Å²) in [5.74, 6) is 0.283. The summed E-state index contributed by atoms with van der Waals surface area (Å²) in [6.07, 6.45) is 0. The molecule has 0 fully saturated rings. The van der Waals surface area contributed by atoms with E-state index in [1.165, 1.54) is 5.01 Å². The number of amidine groups is 1. The lowest BCUT2D eigenvalue weighted by Crippen LogP contribution is -2.57. The van der Waals surface area contributed by atoms with Gasteiger partial charge < -0.3 is 10.2 Å². The van der Waals surface area contributed by atoms with Crippen LogP contribution in [-0.2, 0) is 9.59 Å². The van der Waals surface area contributed by atoms with Crippen LogP contribution in [-0.4, -0.2) is 42.8 Å². The zero-order valence-electron chi connectivity index (χ0n) is 17.0. The first-order valence-electron chi connectivity index (χ1n) is 9.55. The fourth-order valence-electron chi connectivity index (χ4n) is 3.14. The van der Waals surface area contributed by atoms with Crippen molar-refractivity contribution in [3.8, 4) is 0 Å². The molecule has 152 valence electrons. The number of benzene rings is 2. The van der Waals surface area contributed by atoms with Crippen molar-refractivity contribution in [1.29, 1.82) is 0 Å². The molecular weight excluding hydrogens is 380 g/mol. The van der Waals surface area contributed by atoms with Crippen molar-refractivity contribution in [2.75, 3.05) is 29.3 Å². The first-order chi connectivity index (χ1) is 14.4. The number of hydrogen-bond acceptors (Lipinski definition) is 6. The second-order valence-electron chi connectivity index (χ2n) is 7.20. The molecule has 1 aromatic heterocycles. The molecule has 0 bridgehead atoms. The van der Waals surface area contributed by atoms with Gasteiger partial charge in [0.15, 0.2) is 0 Å². The summed E-state index contributed by atoms with van der Waals surface area (Å²) in [6, 6.07) is 17.8. The van der Waals surface area contributed by atoms with Crippen LogP contribution in [0, 0.1) is 0 Å². The Kier molecular flexibility index (Phi) is 5.05. The number of carbonyl (C=O) groups excluding carboxylic acids is 2. The maximum Gasteiger partial charge on any atom is 0.292 e. The summed E-state index contributed by atoms with van der Waals surface area (Å²) in [4.78, 5) is 36.0. The largest absolute Gasteiger partial charge is 0.363 e. The van der Waals surface area contributed by atoms with Gasteiger partial charge >= 0.3 is 0 Å². The van der Waals surface area contributed by atoms with Crippen LogP contribution in [0.3, 0.4) is 0 Å². The zero-order chi connectivity index (χ0) is 21.3. The van der Waals surface area contributed by atoms with Gasteiger partial charge in [0.25, 0.3) is 11.8 Å². The van der Waals surface area contributed by atoms with E-state index >= 15 is 0 Å². The summed E-state index contributed by atoms with van der Waals surface area (Å²) in [5.41, 5.74) is 4.93. The number of fused-ring (bicyclic) bond motifs is 1. The zero-order valence-corrected chi connectivity index (χ0v) is 17.0. The molecule has 2 aromatic carbocycles. The number of amides is 2. The molecule has 0 radical (unpaired) electrons. The first-order valence-corrected chi connectivity index (χ1v) is 9.55. The van der Waals surface area contributed by atoms with Gasteiger partial charge in [-0.25, -0.2) is 15.0 Å². The minimum Gasteiger partial charge on any atom is -0.363 e. The van der Waals surface area contributed by atoms with Gasteiger partial charge in [0.2, 0.25) is 5.84 Å². The molecule has 4 rings (SSSR count). The van der Waals surface area contributed by atoms with Crippen LogP contribution in [0.1, 0.15) is 6.92 Å². The molecule has 30 heavy (non-hydrogen) atoms. The molecule has 0 saturated carbocycles. The molecule has 8 nitrogen and oxygen atoms in total. The highest BCUT2D eigenvalue weighted by molar-refractivity contribution is 6.43. The topological polar surface area (TPSA) is 89.9 Å². The monoisotopic (exact) mass is 402 g/mol. The van der Waals surface area contributed by atoms with E-state index in [2.05, 4.69) is 20.7 Å². The number of pyridine rings is 1.